The predicted octanol–water partition coefficient (Wildman–Crippen LogP) is 2.35. The molecule has 11 nitrogen and oxygen atoms in total. The molecule has 4 rings (SSSR count). The highest BCUT2D eigenvalue weighted by Crippen LogP contribution is 2.29. The lowest BCUT2D eigenvalue weighted by Crippen LogP contribution is -2.16. The summed E-state index contributed by atoms with van der Waals surface area (Å²) in [6, 6.07) is 2.90. The number of hydrogen-bond donors (Lipinski definition) is 0. The summed E-state index contributed by atoms with van der Waals surface area (Å²) in [5.74, 6) is -1.11. The molecular weight excluding hydrogens is 484 g/mol. The minimum Gasteiger partial charge on any atom is -0.403 e. The molecule has 36 heavy (non-hydrogen) atoms. The van der Waals surface area contributed by atoms with Gasteiger partial charge >= 0.3 is 5.97 Å². The molecule has 0 aliphatic rings. The zero-order chi connectivity index (χ0) is 26.2. The summed E-state index contributed by atoms with van der Waals surface area (Å²) in [5, 5.41) is 12.4. The number of sulfone groups is 1. The first-order chi connectivity index (χ1) is 17.0. The minimum atomic E-state index is -3.58. The standard InChI is InChI=1S/C24H26N6O5S/c1-6-30-23(35-24(32)17-10-25-28(4)13-17)19(11-27-30)22(31)18-7-8-21(36(5,33)34)20(16(18)3)14-29-12-15(2)9-26-29/h7-13H,6,14H2,1-5H3. The van der Waals surface area contributed by atoms with Crippen molar-refractivity contribution in [2.75, 3.05) is 6.26 Å². The van der Waals surface area contributed by atoms with Crippen molar-refractivity contribution in [3.63, 3.8) is 0 Å². The number of carbonyl (C=O) groups is 2. The smallest absolute Gasteiger partial charge is 0.348 e. The zero-order valence-corrected chi connectivity index (χ0v) is 21.4. The lowest BCUT2D eigenvalue weighted by atomic mass is 9.96. The van der Waals surface area contributed by atoms with Crippen LogP contribution in [-0.2, 0) is 30.0 Å². The van der Waals surface area contributed by atoms with Gasteiger partial charge in [0.25, 0.3) is 0 Å². The molecule has 0 amide bonds. The molecule has 0 saturated carbocycles. The molecule has 1 aromatic carbocycles. The number of benzene rings is 1. The van der Waals surface area contributed by atoms with Crippen molar-refractivity contribution in [3.8, 4) is 5.88 Å². The Bertz CT molecular complexity index is 1580. The van der Waals surface area contributed by atoms with Gasteiger partial charge in [-0.15, -0.1) is 0 Å². The summed E-state index contributed by atoms with van der Waals surface area (Å²) in [6.45, 7) is 5.91. The predicted molar refractivity (Wildman–Crippen MR) is 130 cm³/mol. The van der Waals surface area contributed by atoms with Crippen LogP contribution in [0.4, 0.5) is 0 Å². The van der Waals surface area contributed by atoms with Gasteiger partial charge in [-0.3, -0.25) is 14.2 Å². The Labute approximate surface area is 208 Å². The normalized spacial score (nSPS) is 11.6. The van der Waals surface area contributed by atoms with E-state index in [0.29, 0.717) is 17.7 Å². The summed E-state index contributed by atoms with van der Waals surface area (Å²) in [4.78, 5) is 26.5. The summed E-state index contributed by atoms with van der Waals surface area (Å²) >= 11 is 0. The quantitative estimate of drug-likeness (QED) is 0.261. The Morgan fingerprint density at radius 3 is 2.33 bits per heavy atom. The number of aryl methyl sites for hydroxylation is 3. The third kappa shape index (κ3) is 4.85. The van der Waals surface area contributed by atoms with E-state index in [9.17, 15) is 18.0 Å². The van der Waals surface area contributed by atoms with Gasteiger partial charge < -0.3 is 4.74 Å². The van der Waals surface area contributed by atoms with Crippen LogP contribution in [0.25, 0.3) is 0 Å². The molecule has 3 aromatic heterocycles. The van der Waals surface area contributed by atoms with Crippen molar-refractivity contribution >= 4 is 21.6 Å². The van der Waals surface area contributed by atoms with Crippen LogP contribution in [0.3, 0.4) is 0 Å². The SMILES string of the molecule is CCn1ncc(C(=O)c2ccc(S(C)(=O)=O)c(Cn3cc(C)cn3)c2C)c1OC(=O)c1cnn(C)c1. The van der Waals surface area contributed by atoms with Gasteiger partial charge in [0.05, 0.1) is 35.6 Å². The molecule has 0 N–H and O–H groups in total. The summed E-state index contributed by atoms with van der Waals surface area (Å²) in [5.41, 5.74) is 2.46. The summed E-state index contributed by atoms with van der Waals surface area (Å²) in [6.07, 6.45) is 8.82. The van der Waals surface area contributed by atoms with Gasteiger partial charge in [-0.25, -0.2) is 17.9 Å². The third-order valence-corrected chi connectivity index (χ3v) is 6.93. The Morgan fingerprint density at radius 1 is 1.00 bits per heavy atom. The highest BCUT2D eigenvalue weighted by molar-refractivity contribution is 7.90. The molecule has 4 aromatic rings. The van der Waals surface area contributed by atoms with Crippen molar-refractivity contribution < 1.29 is 22.7 Å². The number of rotatable bonds is 8. The van der Waals surface area contributed by atoms with Crippen LogP contribution in [0, 0.1) is 13.8 Å². The van der Waals surface area contributed by atoms with E-state index in [-0.39, 0.29) is 34.0 Å². The molecule has 0 spiro atoms. The maximum Gasteiger partial charge on any atom is 0.348 e. The average Bonchev–Trinajstić information content (AvgIpc) is 3.53. The molecule has 0 radical (unpaired) electrons. The third-order valence-electron chi connectivity index (χ3n) is 5.75. The fourth-order valence-electron chi connectivity index (χ4n) is 3.92. The first-order valence-corrected chi connectivity index (χ1v) is 13.0. The molecule has 0 atom stereocenters. The van der Waals surface area contributed by atoms with Crippen LogP contribution in [0.5, 0.6) is 5.88 Å². The maximum absolute atomic E-state index is 13.7. The number of esters is 1. The highest BCUT2D eigenvalue weighted by atomic mass is 32.2. The van der Waals surface area contributed by atoms with Crippen LogP contribution in [0.15, 0.2) is 48.0 Å². The van der Waals surface area contributed by atoms with Gasteiger partial charge in [-0.05, 0) is 49.6 Å². The van der Waals surface area contributed by atoms with Gasteiger partial charge in [0.15, 0.2) is 15.6 Å². The minimum absolute atomic E-state index is 0.00666. The number of ether oxygens (including phenoxy) is 1. The fraction of sp³-hybridized carbons (Fsp3) is 0.292. The van der Waals surface area contributed by atoms with Crippen LogP contribution >= 0.6 is 0 Å². The number of aromatic nitrogens is 6. The van der Waals surface area contributed by atoms with Crippen LogP contribution < -0.4 is 4.74 Å². The molecule has 3 heterocycles. The Morgan fingerprint density at radius 2 is 1.75 bits per heavy atom. The Kier molecular flexibility index (Phi) is 6.63. The van der Waals surface area contributed by atoms with E-state index in [1.165, 1.54) is 40.1 Å². The van der Waals surface area contributed by atoms with Gasteiger partial charge in [0.1, 0.15) is 5.56 Å². The zero-order valence-electron chi connectivity index (χ0n) is 20.6. The second-order valence-electron chi connectivity index (χ2n) is 8.50. The maximum atomic E-state index is 13.7. The fourth-order valence-corrected chi connectivity index (χ4v) is 4.90. The van der Waals surface area contributed by atoms with E-state index in [2.05, 4.69) is 15.3 Å². The van der Waals surface area contributed by atoms with Crippen molar-refractivity contribution in [2.24, 2.45) is 7.05 Å². The number of nitrogens with zero attached hydrogens (tertiary/aromatic N) is 6. The molecule has 0 bridgehead atoms. The second-order valence-corrected chi connectivity index (χ2v) is 10.5. The lowest BCUT2D eigenvalue weighted by molar-refractivity contribution is 0.0716. The highest BCUT2D eigenvalue weighted by Gasteiger charge is 2.27. The Hall–Kier alpha value is -4.06. The largest absolute Gasteiger partial charge is 0.403 e. The average molecular weight is 511 g/mol. The molecule has 0 saturated heterocycles. The van der Waals surface area contributed by atoms with Crippen LogP contribution in [-0.4, -0.2) is 55.8 Å². The molecule has 0 aliphatic carbocycles. The van der Waals surface area contributed by atoms with E-state index in [1.54, 1.807) is 38.0 Å². The van der Waals surface area contributed by atoms with E-state index < -0.39 is 21.6 Å². The Balaban J connectivity index is 1.77. The topological polar surface area (TPSA) is 131 Å². The molecule has 0 fully saturated rings. The van der Waals surface area contributed by atoms with E-state index in [4.69, 9.17) is 4.74 Å². The van der Waals surface area contributed by atoms with E-state index in [1.807, 2.05) is 6.92 Å². The molecule has 0 aliphatic heterocycles. The van der Waals surface area contributed by atoms with Crippen molar-refractivity contribution in [1.82, 2.24) is 29.3 Å². The monoisotopic (exact) mass is 510 g/mol. The first-order valence-electron chi connectivity index (χ1n) is 11.1. The molecule has 12 heteroatoms. The van der Waals surface area contributed by atoms with Crippen molar-refractivity contribution in [3.05, 3.63) is 76.5 Å². The summed E-state index contributed by atoms with van der Waals surface area (Å²) in [7, 11) is -1.90. The molecule has 0 unspecified atom stereocenters. The number of ketones is 1. The van der Waals surface area contributed by atoms with E-state index in [0.717, 1.165) is 11.8 Å². The summed E-state index contributed by atoms with van der Waals surface area (Å²) < 4.78 is 35.1. The lowest BCUT2D eigenvalue weighted by Gasteiger charge is -2.15. The van der Waals surface area contributed by atoms with Crippen LogP contribution in [0.1, 0.15) is 49.9 Å². The molecular formula is C24H26N6O5S. The van der Waals surface area contributed by atoms with Crippen molar-refractivity contribution in [2.45, 2.75) is 38.8 Å². The van der Waals surface area contributed by atoms with E-state index >= 15 is 0 Å². The second kappa shape index (κ2) is 9.53. The van der Waals surface area contributed by atoms with Gasteiger partial charge in [0, 0.05) is 37.8 Å². The molecule has 188 valence electrons. The number of carbonyl (C=O) groups excluding carboxylic acids is 2. The van der Waals surface area contributed by atoms with Crippen LogP contribution in [0.2, 0.25) is 0 Å². The first kappa shape index (κ1) is 25.0. The number of hydrogen-bond acceptors (Lipinski definition) is 8. The van der Waals surface area contributed by atoms with Gasteiger partial charge in [0.2, 0.25) is 5.88 Å². The van der Waals surface area contributed by atoms with Gasteiger partial charge in [-0.1, -0.05) is 0 Å². The van der Waals surface area contributed by atoms with Crippen molar-refractivity contribution in [1.29, 1.82) is 0 Å². The van der Waals surface area contributed by atoms with Gasteiger partial charge in [-0.2, -0.15) is 15.3 Å².